The average Bonchev–Trinajstić information content (AvgIpc) is 1.64. The second kappa shape index (κ2) is 3.16. The van der Waals surface area contributed by atoms with Gasteiger partial charge in [0.05, 0.1) is 0 Å². The minimum atomic E-state index is -0.708. The third kappa shape index (κ3) is 2.39. The van der Waals surface area contributed by atoms with Crippen molar-refractivity contribution < 1.29 is 9.90 Å². The van der Waals surface area contributed by atoms with Crippen molar-refractivity contribution in [1.82, 2.24) is 0 Å². The minimum absolute atomic E-state index is 0.213. The molecule has 0 fully saturated rings. The zero-order valence-corrected chi connectivity index (χ0v) is 5.51. The molecule has 0 bridgehead atoms. The number of hydrogen-bond acceptors (Lipinski definition) is 1. The number of rotatable bonds is 2. The Morgan fingerprint density at radius 3 is 2.00 bits per heavy atom. The Kier molecular flexibility index (Phi) is 3.19. The average molecular weight is 108 g/mol. The molecule has 0 aromatic rings. The molecule has 0 aliphatic rings. The predicted molar refractivity (Wildman–Crippen MR) is 32.0 cm³/mol. The van der Waals surface area contributed by atoms with Gasteiger partial charge in [0.15, 0.2) is 0 Å². The molecule has 0 aromatic carbocycles. The van der Waals surface area contributed by atoms with E-state index in [1.54, 1.807) is 17.7 Å². The number of carboxylic acid groups (broad SMARTS) is 1. The molecular weight excluding hydrogens is 99.0 g/mol. The third-order valence-corrected chi connectivity index (χ3v) is 1.39. The normalized spacial score (nSPS) is 14.1. The number of carboxylic acids is 1. The van der Waals surface area contributed by atoms with Gasteiger partial charge in [0, 0.05) is 0 Å². The van der Waals surface area contributed by atoms with Crippen LogP contribution in [0.15, 0.2) is 0 Å². The number of hydrogen-bond donors (Lipinski definition) is 1. The Morgan fingerprint density at radius 1 is 1.62 bits per heavy atom. The van der Waals surface area contributed by atoms with E-state index in [0.29, 0.717) is 0 Å². The predicted octanol–water partition coefficient (Wildman–Crippen LogP) is 0.684. The molecule has 0 rings (SSSR count). The summed E-state index contributed by atoms with van der Waals surface area (Å²) in [5.41, 5.74) is 0. The fourth-order valence-corrected chi connectivity index (χ4v) is 0.285. The first-order chi connectivity index (χ1) is 3.55. The van der Waals surface area contributed by atoms with Gasteiger partial charge in [0.25, 0.3) is 0 Å². The molecule has 0 saturated carbocycles. The molecule has 0 radical (unpaired) electrons. The third-order valence-electron chi connectivity index (χ3n) is 1.39. The maximum absolute atomic E-state index is 10.1. The van der Waals surface area contributed by atoms with Gasteiger partial charge in [-0.25, -0.2) is 0 Å². The number of carbonyl (C=O) groups is 1. The molecule has 0 saturated heterocycles. The van der Waals surface area contributed by atoms with Gasteiger partial charge in [-0.1, -0.05) is 0 Å². The summed E-state index contributed by atoms with van der Waals surface area (Å²) in [6.07, 6.45) is 0. The van der Waals surface area contributed by atoms with Crippen molar-refractivity contribution >= 4 is 23.7 Å². The second-order valence-electron chi connectivity index (χ2n) is 2.37. The molecule has 3 heteroatoms. The first-order valence-corrected chi connectivity index (χ1v) is 2.78. The summed E-state index contributed by atoms with van der Waals surface area (Å²) < 4.78 is -0.213. The van der Waals surface area contributed by atoms with E-state index in [0.717, 1.165) is 0 Å². The fourth-order valence-electron chi connectivity index (χ4n) is 0.285. The van der Waals surface area contributed by atoms with E-state index >= 15 is 0 Å². The zero-order valence-electron chi connectivity index (χ0n) is 5.51. The van der Waals surface area contributed by atoms with Crippen molar-refractivity contribution in [3.05, 3.63) is 0 Å². The Labute approximate surface area is 58.5 Å². The van der Waals surface area contributed by atoms with E-state index in [1.165, 1.54) is 0 Å². The van der Waals surface area contributed by atoms with Crippen LogP contribution in [0.2, 0.25) is 4.59 Å². The Bertz CT molecular complexity index is 90.4. The van der Waals surface area contributed by atoms with Crippen LogP contribution in [0.3, 0.4) is 0 Å². The van der Waals surface area contributed by atoms with E-state index in [-0.39, 0.29) is 10.5 Å². The van der Waals surface area contributed by atoms with Gasteiger partial charge in [-0.15, -0.1) is 0 Å². The first kappa shape index (κ1) is 8.07. The molecule has 1 unspecified atom stereocenters. The summed E-state index contributed by atoms with van der Waals surface area (Å²) >= 11 is 1.72. The SMILES string of the molecule is [Li][CH](C(=O)O)C(C)C. The van der Waals surface area contributed by atoms with E-state index < -0.39 is 5.97 Å². The molecular formula is C5H9LiO2. The summed E-state index contributed by atoms with van der Waals surface area (Å²) in [5.74, 6) is -0.465. The molecule has 2 nitrogen and oxygen atoms in total. The van der Waals surface area contributed by atoms with Crippen LogP contribution in [0.5, 0.6) is 0 Å². The summed E-state index contributed by atoms with van der Waals surface area (Å²) in [4.78, 5) is 10.1. The van der Waals surface area contributed by atoms with Crippen molar-refractivity contribution in [2.75, 3.05) is 0 Å². The standard InChI is InChI=1S/C5H9O2.Li/c1-4(2)3-5(6)7;/h3-4H,1-2H3,(H,6,7);. The topological polar surface area (TPSA) is 37.3 Å². The molecule has 8 heavy (non-hydrogen) atoms. The Balaban J connectivity index is 3.64. The van der Waals surface area contributed by atoms with E-state index in [9.17, 15) is 4.79 Å². The molecule has 42 valence electrons. The monoisotopic (exact) mass is 108 g/mol. The second-order valence-corrected chi connectivity index (χ2v) is 2.37. The van der Waals surface area contributed by atoms with Gasteiger partial charge in [0.1, 0.15) is 0 Å². The van der Waals surface area contributed by atoms with Crippen LogP contribution in [-0.2, 0) is 4.79 Å². The van der Waals surface area contributed by atoms with E-state index in [4.69, 9.17) is 5.11 Å². The zero-order chi connectivity index (χ0) is 6.73. The van der Waals surface area contributed by atoms with Crippen LogP contribution < -0.4 is 0 Å². The van der Waals surface area contributed by atoms with Crippen molar-refractivity contribution in [2.24, 2.45) is 5.92 Å². The van der Waals surface area contributed by atoms with Gasteiger partial charge < -0.3 is 0 Å². The summed E-state index contributed by atoms with van der Waals surface area (Å²) in [6.45, 7) is 3.80. The summed E-state index contributed by atoms with van der Waals surface area (Å²) in [5, 5.41) is 8.35. The maximum atomic E-state index is 10.1. The van der Waals surface area contributed by atoms with E-state index in [1.807, 2.05) is 13.8 Å². The molecule has 0 aliphatic carbocycles. The van der Waals surface area contributed by atoms with Crippen molar-refractivity contribution in [3.63, 3.8) is 0 Å². The van der Waals surface area contributed by atoms with Crippen LogP contribution in [0.25, 0.3) is 0 Å². The Morgan fingerprint density at radius 2 is 2.00 bits per heavy atom. The summed E-state index contributed by atoms with van der Waals surface area (Å²) in [6, 6.07) is 0. The van der Waals surface area contributed by atoms with Gasteiger partial charge in [-0.2, -0.15) is 0 Å². The molecule has 0 aromatic heterocycles. The quantitative estimate of drug-likeness (QED) is 0.528. The van der Waals surface area contributed by atoms with Crippen LogP contribution >= 0.6 is 0 Å². The summed E-state index contributed by atoms with van der Waals surface area (Å²) in [7, 11) is 0. The number of aliphatic carboxylic acids is 1. The first-order valence-electron chi connectivity index (χ1n) is 2.78. The molecule has 0 heterocycles. The van der Waals surface area contributed by atoms with Crippen LogP contribution in [0.4, 0.5) is 0 Å². The molecule has 1 N–H and O–H groups in total. The molecule has 1 atom stereocenters. The van der Waals surface area contributed by atoms with Gasteiger partial charge >= 0.3 is 57.9 Å². The van der Waals surface area contributed by atoms with Crippen molar-refractivity contribution in [3.8, 4) is 0 Å². The van der Waals surface area contributed by atoms with Crippen molar-refractivity contribution in [2.45, 2.75) is 18.4 Å². The van der Waals surface area contributed by atoms with Gasteiger partial charge in [-0.05, 0) is 0 Å². The van der Waals surface area contributed by atoms with Gasteiger partial charge in [0.2, 0.25) is 0 Å². The van der Waals surface area contributed by atoms with Crippen LogP contribution in [0, 0.1) is 5.92 Å². The van der Waals surface area contributed by atoms with Gasteiger partial charge in [-0.3, -0.25) is 0 Å². The van der Waals surface area contributed by atoms with Crippen molar-refractivity contribution in [1.29, 1.82) is 0 Å². The fraction of sp³-hybridized carbons (Fsp3) is 0.800. The van der Waals surface area contributed by atoms with Crippen LogP contribution in [-0.4, -0.2) is 28.8 Å². The van der Waals surface area contributed by atoms with E-state index in [2.05, 4.69) is 0 Å². The molecule has 0 amide bonds. The molecule has 0 aliphatic heterocycles. The van der Waals surface area contributed by atoms with Crippen LogP contribution in [0.1, 0.15) is 13.8 Å². The Hall–Kier alpha value is 0.0674. The molecule has 0 spiro atoms.